The van der Waals surface area contributed by atoms with Crippen LogP contribution in [0.3, 0.4) is 0 Å². The minimum absolute atomic E-state index is 0.123. The molecule has 0 fully saturated rings. The van der Waals surface area contributed by atoms with Crippen LogP contribution < -0.4 is 0 Å². The van der Waals surface area contributed by atoms with Gasteiger partial charge < -0.3 is 10.2 Å². The lowest BCUT2D eigenvalue weighted by molar-refractivity contribution is 0.477. The minimum Gasteiger partial charge on any atom is -0.507 e. The summed E-state index contributed by atoms with van der Waals surface area (Å²) in [5, 5.41) is 19.3. The Hall–Kier alpha value is -2.55. The number of rotatable bonds is 3. The summed E-state index contributed by atoms with van der Waals surface area (Å²) in [6, 6.07) is 10.4. The highest BCUT2D eigenvalue weighted by molar-refractivity contribution is 5.72. The predicted octanol–water partition coefficient (Wildman–Crippen LogP) is 3.63. The fourth-order valence-electron chi connectivity index (χ4n) is 1.71. The molecule has 2 rings (SSSR count). The lowest BCUT2D eigenvalue weighted by atomic mass is 10.1. The SMILES string of the molecule is C=Cc1ccc(-c2ccccc2O)nc1C(=C)O. The molecule has 2 N–H and O–H groups in total. The molecule has 3 nitrogen and oxygen atoms in total. The average Bonchev–Trinajstić information content (AvgIpc) is 2.38. The monoisotopic (exact) mass is 239 g/mol. The predicted molar refractivity (Wildman–Crippen MR) is 73.1 cm³/mol. The molecule has 0 unspecified atom stereocenters. The van der Waals surface area contributed by atoms with Crippen molar-refractivity contribution >= 4 is 11.8 Å². The lowest BCUT2D eigenvalue weighted by Crippen LogP contribution is -1.94. The normalized spacial score (nSPS) is 10.0. The number of phenolic OH excluding ortho intramolecular Hbond substituents is 1. The van der Waals surface area contributed by atoms with Crippen LogP contribution in [0, 0.1) is 0 Å². The molecule has 0 saturated heterocycles. The number of aromatic nitrogens is 1. The van der Waals surface area contributed by atoms with E-state index in [1.807, 2.05) is 6.07 Å². The van der Waals surface area contributed by atoms with Crippen LogP contribution in [0.15, 0.2) is 49.6 Å². The number of pyridine rings is 1. The molecule has 2 aromatic rings. The van der Waals surface area contributed by atoms with E-state index in [1.54, 1.807) is 36.4 Å². The van der Waals surface area contributed by atoms with E-state index < -0.39 is 0 Å². The highest BCUT2D eigenvalue weighted by atomic mass is 16.3. The van der Waals surface area contributed by atoms with E-state index in [0.29, 0.717) is 22.5 Å². The van der Waals surface area contributed by atoms with Gasteiger partial charge in [-0.15, -0.1) is 0 Å². The molecule has 0 saturated carbocycles. The first kappa shape index (κ1) is 11.9. The van der Waals surface area contributed by atoms with Gasteiger partial charge in [0.05, 0.1) is 5.69 Å². The summed E-state index contributed by atoms with van der Waals surface area (Å²) in [5.41, 5.74) is 2.24. The van der Waals surface area contributed by atoms with Crippen molar-refractivity contribution in [2.24, 2.45) is 0 Å². The molecule has 0 spiro atoms. The number of hydrogen-bond donors (Lipinski definition) is 2. The van der Waals surface area contributed by atoms with Gasteiger partial charge in [0.1, 0.15) is 17.2 Å². The van der Waals surface area contributed by atoms with Crippen LogP contribution >= 0.6 is 0 Å². The molecule has 0 aliphatic heterocycles. The molecule has 1 aromatic carbocycles. The first-order valence-electron chi connectivity index (χ1n) is 5.43. The Morgan fingerprint density at radius 2 is 1.89 bits per heavy atom. The lowest BCUT2D eigenvalue weighted by Gasteiger charge is -2.08. The fourth-order valence-corrected chi connectivity index (χ4v) is 1.71. The van der Waals surface area contributed by atoms with E-state index in [2.05, 4.69) is 18.1 Å². The molecular weight excluding hydrogens is 226 g/mol. The summed E-state index contributed by atoms with van der Waals surface area (Å²) >= 11 is 0. The second kappa shape index (κ2) is 4.75. The molecule has 90 valence electrons. The molecular formula is C15H13NO2. The van der Waals surface area contributed by atoms with Crippen molar-refractivity contribution in [3.05, 3.63) is 60.8 Å². The number of nitrogens with zero attached hydrogens (tertiary/aromatic N) is 1. The van der Waals surface area contributed by atoms with Gasteiger partial charge in [-0.2, -0.15) is 0 Å². The third kappa shape index (κ3) is 2.11. The molecule has 0 bridgehead atoms. The van der Waals surface area contributed by atoms with Crippen LogP contribution in [0.5, 0.6) is 5.75 Å². The van der Waals surface area contributed by atoms with Gasteiger partial charge in [-0.05, 0) is 18.2 Å². The van der Waals surface area contributed by atoms with E-state index in [0.717, 1.165) is 0 Å². The molecule has 0 radical (unpaired) electrons. The standard InChI is InChI=1S/C15H13NO2/c1-3-11-8-9-13(16-15(11)10(2)17)12-6-4-5-7-14(12)18/h3-9,17-18H,1-2H2. The Labute approximate surface area is 105 Å². The topological polar surface area (TPSA) is 53.4 Å². The van der Waals surface area contributed by atoms with Crippen LogP contribution in [-0.4, -0.2) is 15.2 Å². The Morgan fingerprint density at radius 3 is 2.50 bits per heavy atom. The van der Waals surface area contributed by atoms with Crippen molar-refractivity contribution in [3.63, 3.8) is 0 Å². The molecule has 0 aliphatic rings. The minimum atomic E-state index is -0.123. The molecule has 1 aromatic heterocycles. The Morgan fingerprint density at radius 1 is 1.17 bits per heavy atom. The Bertz CT molecular complexity index is 618. The summed E-state index contributed by atoms with van der Waals surface area (Å²) in [4.78, 5) is 4.29. The first-order chi connectivity index (χ1) is 8.63. The number of aliphatic hydroxyl groups is 1. The maximum atomic E-state index is 9.77. The highest BCUT2D eigenvalue weighted by Gasteiger charge is 2.09. The zero-order valence-corrected chi connectivity index (χ0v) is 9.80. The summed E-state index contributed by atoms with van der Waals surface area (Å²) in [5.74, 6) is 0.0213. The summed E-state index contributed by atoms with van der Waals surface area (Å²) < 4.78 is 0. The van der Waals surface area contributed by atoms with Crippen molar-refractivity contribution in [2.45, 2.75) is 0 Å². The smallest absolute Gasteiger partial charge is 0.134 e. The summed E-state index contributed by atoms with van der Waals surface area (Å²) in [6.07, 6.45) is 1.60. The number of hydrogen-bond acceptors (Lipinski definition) is 3. The van der Waals surface area contributed by atoms with Crippen LogP contribution in [0.1, 0.15) is 11.3 Å². The number of aromatic hydroxyl groups is 1. The van der Waals surface area contributed by atoms with Crippen molar-refractivity contribution in [1.82, 2.24) is 4.98 Å². The van der Waals surface area contributed by atoms with Gasteiger partial charge in [-0.25, -0.2) is 4.98 Å². The highest BCUT2D eigenvalue weighted by Crippen LogP contribution is 2.28. The van der Waals surface area contributed by atoms with Crippen LogP contribution in [0.2, 0.25) is 0 Å². The van der Waals surface area contributed by atoms with Gasteiger partial charge in [0.25, 0.3) is 0 Å². The van der Waals surface area contributed by atoms with E-state index in [9.17, 15) is 10.2 Å². The van der Waals surface area contributed by atoms with Crippen molar-refractivity contribution < 1.29 is 10.2 Å². The molecule has 1 heterocycles. The van der Waals surface area contributed by atoms with Gasteiger partial charge in [-0.1, -0.05) is 37.4 Å². The zero-order chi connectivity index (χ0) is 13.1. The largest absolute Gasteiger partial charge is 0.507 e. The van der Waals surface area contributed by atoms with Crippen LogP contribution in [-0.2, 0) is 0 Å². The Kier molecular flexibility index (Phi) is 3.15. The van der Waals surface area contributed by atoms with Gasteiger partial charge >= 0.3 is 0 Å². The van der Waals surface area contributed by atoms with Crippen LogP contribution in [0.25, 0.3) is 23.1 Å². The second-order valence-electron chi connectivity index (χ2n) is 3.80. The maximum absolute atomic E-state index is 9.77. The number of aliphatic hydroxyl groups excluding tert-OH is 1. The molecule has 0 atom stereocenters. The third-order valence-electron chi connectivity index (χ3n) is 2.60. The molecule has 0 aliphatic carbocycles. The number of para-hydroxylation sites is 1. The molecule has 18 heavy (non-hydrogen) atoms. The zero-order valence-electron chi connectivity index (χ0n) is 9.80. The first-order valence-corrected chi connectivity index (χ1v) is 5.43. The molecule has 0 amide bonds. The van der Waals surface area contributed by atoms with Gasteiger partial charge in [0.15, 0.2) is 0 Å². The third-order valence-corrected chi connectivity index (χ3v) is 2.60. The van der Waals surface area contributed by atoms with Crippen molar-refractivity contribution in [1.29, 1.82) is 0 Å². The van der Waals surface area contributed by atoms with E-state index in [1.165, 1.54) is 0 Å². The average molecular weight is 239 g/mol. The van der Waals surface area contributed by atoms with Crippen LogP contribution in [0.4, 0.5) is 0 Å². The summed E-state index contributed by atoms with van der Waals surface area (Å²) in [7, 11) is 0. The number of benzene rings is 1. The fraction of sp³-hybridized carbons (Fsp3) is 0. The number of phenols is 1. The Balaban J connectivity index is 2.61. The van der Waals surface area contributed by atoms with Crippen molar-refractivity contribution in [2.75, 3.05) is 0 Å². The quantitative estimate of drug-likeness (QED) is 0.804. The van der Waals surface area contributed by atoms with Gasteiger partial charge in [0, 0.05) is 11.1 Å². The maximum Gasteiger partial charge on any atom is 0.134 e. The molecule has 3 heteroatoms. The van der Waals surface area contributed by atoms with E-state index >= 15 is 0 Å². The summed E-state index contributed by atoms with van der Waals surface area (Å²) in [6.45, 7) is 7.13. The van der Waals surface area contributed by atoms with Gasteiger partial charge in [0.2, 0.25) is 0 Å². The second-order valence-corrected chi connectivity index (χ2v) is 3.80. The van der Waals surface area contributed by atoms with Gasteiger partial charge in [-0.3, -0.25) is 0 Å². The van der Waals surface area contributed by atoms with E-state index in [-0.39, 0.29) is 11.5 Å². The van der Waals surface area contributed by atoms with Crippen molar-refractivity contribution in [3.8, 4) is 17.0 Å². The van der Waals surface area contributed by atoms with E-state index in [4.69, 9.17) is 0 Å².